The fourth-order valence-electron chi connectivity index (χ4n) is 3.58. The second kappa shape index (κ2) is 12.0. The monoisotopic (exact) mass is 473 g/mol. The SMILES string of the molecule is C=Cc1cccc(C(C(=O)NC(C)(C)C)N(CC)C(=O)C(CC(C)C)NC(=O)OC(C)(C)C)c1. The van der Waals surface area contributed by atoms with Crippen molar-refractivity contribution in [3.05, 3.63) is 42.0 Å². The number of hydrogen-bond donors (Lipinski definition) is 2. The van der Waals surface area contributed by atoms with E-state index >= 15 is 0 Å². The van der Waals surface area contributed by atoms with Crippen LogP contribution in [-0.4, -0.2) is 46.5 Å². The average Bonchev–Trinajstić information content (AvgIpc) is 2.67. The molecule has 0 aliphatic carbocycles. The first kappa shape index (κ1) is 29.2. The summed E-state index contributed by atoms with van der Waals surface area (Å²) in [7, 11) is 0. The van der Waals surface area contributed by atoms with Gasteiger partial charge >= 0.3 is 6.09 Å². The molecule has 0 saturated heterocycles. The Hall–Kier alpha value is -2.83. The van der Waals surface area contributed by atoms with E-state index in [1.807, 2.05) is 65.8 Å². The molecular weight excluding hydrogens is 430 g/mol. The summed E-state index contributed by atoms with van der Waals surface area (Å²) in [6.07, 6.45) is 1.45. The summed E-state index contributed by atoms with van der Waals surface area (Å²) in [5.41, 5.74) is 0.343. The third kappa shape index (κ3) is 9.57. The quantitative estimate of drug-likeness (QED) is 0.524. The molecule has 2 N–H and O–H groups in total. The molecule has 0 aliphatic heterocycles. The molecule has 3 amide bonds. The second-order valence-corrected chi connectivity index (χ2v) is 11.0. The third-order valence-electron chi connectivity index (χ3n) is 4.84. The van der Waals surface area contributed by atoms with E-state index in [9.17, 15) is 14.4 Å². The number of carbonyl (C=O) groups is 3. The molecule has 0 radical (unpaired) electrons. The Bertz CT molecular complexity index is 865. The van der Waals surface area contributed by atoms with Gasteiger partial charge in [-0.3, -0.25) is 9.59 Å². The van der Waals surface area contributed by atoms with Crippen LogP contribution in [0.3, 0.4) is 0 Å². The highest BCUT2D eigenvalue weighted by atomic mass is 16.6. The van der Waals surface area contributed by atoms with Crippen LogP contribution in [0.2, 0.25) is 0 Å². The van der Waals surface area contributed by atoms with E-state index < -0.39 is 29.3 Å². The van der Waals surface area contributed by atoms with Crippen molar-refractivity contribution < 1.29 is 19.1 Å². The summed E-state index contributed by atoms with van der Waals surface area (Å²) in [6.45, 7) is 20.9. The van der Waals surface area contributed by atoms with Gasteiger partial charge in [0.1, 0.15) is 17.7 Å². The predicted octanol–water partition coefficient (Wildman–Crippen LogP) is 5.07. The zero-order chi connectivity index (χ0) is 26.3. The van der Waals surface area contributed by atoms with Crippen LogP contribution in [0.15, 0.2) is 30.8 Å². The Morgan fingerprint density at radius 2 is 1.74 bits per heavy atom. The Kier molecular flexibility index (Phi) is 10.3. The first-order chi connectivity index (χ1) is 15.6. The average molecular weight is 474 g/mol. The number of likely N-dealkylation sites (N-methyl/N-ethyl adjacent to an activating group) is 1. The van der Waals surface area contributed by atoms with Gasteiger partial charge in [-0.1, -0.05) is 44.7 Å². The van der Waals surface area contributed by atoms with Crippen molar-refractivity contribution in [2.45, 2.75) is 92.0 Å². The van der Waals surface area contributed by atoms with Crippen molar-refractivity contribution in [3.8, 4) is 0 Å². The van der Waals surface area contributed by atoms with Gasteiger partial charge in [-0.15, -0.1) is 0 Å². The van der Waals surface area contributed by atoms with Gasteiger partial charge in [0.15, 0.2) is 0 Å². The van der Waals surface area contributed by atoms with Gasteiger partial charge < -0.3 is 20.3 Å². The number of carbonyl (C=O) groups excluding carboxylic acids is 3. The van der Waals surface area contributed by atoms with Gasteiger partial charge in [0, 0.05) is 12.1 Å². The van der Waals surface area contributed by atoms with E-state index in [0.29, 0.717) is 12.0 Å². The van der Waals surface area contributed by atoms with Gasteiger partial charge in [0.05, 0.1) is 0 Å². The van der Waals surface area contributed by atoms with Crippen molar-refractivity contribution >= 4 is 24.0 Å². The number of amides is 3. The summed E-state index contributed by atoms with van der Waals surface area (Å²) in [5.74, 6) is -0.488. The van der Waals surface area contributed by atoms with Crippen LogP contribution in [0.4, 0.5) is 4.79 Å². The zero-order valence-corrected chi connectivity index (χ0v) is 22.3. The van der Waals surface area contributed by atoms with E-state index in [2.05, 4.69) is 17.2 Å². The highest BCUT2D eigenvalue weighted by Gasteiger charge is 2.36. The number of rotatable bonds is 9. The lowest BCUT2D eigenvalue weighted by Crippen LogP contribution is -2.54. The maximum absolute atomic E-state index is 13.8. The number of ether oxygens (including phenoxy) is 1. The fraction of sp³-hybridized carbons (Fsp3) is 0.593. The maximum atomic E-state index is 13.8. The van der Waals surface area contributed by atoms with Crippen LogP contribution in [0, 0.1) is 5.92 Å². The van der Waals surface area contributed by atoms with E-state index in [1.165, 1.54) is 4.90 Å². The molecule has 7 heteroatoms. The smallest absolute Gasteiger partial charge is 0.408 e. The molecule has 2 atom stereocenters. The fourth-order valence-corrected chi connectivity index (χ4v) is 3.58. The summed E-state index contributed by atoms with van der Waals surface area (Å²) in [4.78, 5) is 41.3. The standard InChI is InChI=1S/C27H43N3O4/c1-11-19-14-13-15-20(17-19)22(23(31)29-26(5,6)7)30(12-2)24(32)21(16-18(3)4)28-25(33)34-27(8,9)10/h11,13-15,17-18,21-22H,1,12,16H2,2-10H3,(H,28,33)(H,29,31). The number of benzene rings is 1. The lowest BCUT2D eigenvalue weighted by molar-refractivity contribution is -0.143. The van der Waals surface area contributed by atoms with Gasteiger partial charge in [-0.2, -0.15) is 0 Å². The normalized spacial score (nSPS) is 13.6. The van der Waals surface area contributed by atoms with Crippen LogP contribution in [0.25, 0.3) is 6.08 Å². The minimum absolute atomic E-state index is 0.133. The van der Waals surface area contributed by atoms with Crippen LogP contribution in [0.1, 0.15) is 85.9 Å². The summed E-state index contributed by atoms with van der Waals surface area (Å²) < 4.78 is 5.39. The van der Waals surface area contributed by atoms with E-state index in [4.69, 9.17) is 4.74 Å². The first-order valence-corrected chi connectivity index (χ1v) is 11.9. The second-order valence-electron chi connectivity index (χ2n) is 11.0. The van der Waals surface area contributed by atoms with Crippen molar-refractivity contribution in [1.29, 1.82) is 0 Å². The Balaban J connectivity index is 3.43. The van der Waals surface area contributed by atoms with Crippen LogP contribution in [-0.2, 0) is 14.3 Å². The predicted molar refractivity (Wildman–Crippen MR) is 137 cm³/mol. The molecular formula is C27H43N3O4. The molecule has 0 spiro atoms. The lowest BCUT2D eigenvalue weighted by atomic mass is 9.97. The molecule has 190 valence electrons. The largest absolute Gasteiger partial charge is 0.444 e. The molecule has 1 aromatic carbocycles. The van der Waals surface area contributed by atoms with Gasteiger partial charge in [-0.25, -0.2) is 4.79 Å². The molecule has 1 aromatic rings. The number of nitrogens with zero attached hydrogens (tertiary/aromatic N) is 1. The zero-order valence-electron chi connectivity index (χ0n) is 22.3. The molecule has 0 fully saturated rings. The molecule has 0 aliphatic rings. The van der Waals surface area contributed by atoms with E-state index in [0.717, 1.165) is 5.56 Å². The Labute approximate surface area is 205 Å². The Morgan fingerprint density at radius 3 is 2.21 bits per heavy atom. The third-order valence-corrected chi connectivity index (χ3v) is 4.84. The summed E-state index contributed by atoms with van der Waals surface area (Å²) in [5, 5.41) is 5.74. The van der Waals surface area contributed by atoms with Crippen molar-refractivity contribution in [1.82, 2.24) is 15.5 Å². The van der Waals surface area contributed by atoms with E-state index in [-0.39, 0.29) is 24.3 Å². The topological polar surface area (TPSA) is 87.7 Å². The van der Waals surface area contributed by atoms with Gasteiger partial charge in [0.25, 0.3) is 0 Å². The molecule has 1 rings (SSSR count). The lowest BCUT2D eigenvalue weighted by Gasteiger charge is -2.35. The molecule has 0 aromatic heterocycles. The molecule has 0 bridgehead atoms. The first-order valence-electron chi connectivity index (χ1n) is 11.9. The minimum atomic E-state index is -0.869. The number of alkyl carbamates (subject to hydrolysis) is 1. The van der Waals surface area contributed by atoms with Crippen LogP contribution >= 0.6 is 0 Å². The van der Waals surface area contributed by atoms with Gasteiger partial charge in [-0.05, 0) is 78.0 Å². The minimum Gasteiger partial charge on any atom is -0.444 e. The molecule has 0 saturated carbocycles. The summed E-state index contributed by atoms with van der Waals surface area (Å²) >= 11 is 0. The van der Waals surface area contributed by atoms with Gasteiger partial charge in [0.2, 0.25) is 11.8 Å². The molecule has 0 heterocycles. The molecule has 34 heavy (non-hydrogen) atoms. The molecule has 7 nitrogen and oxygen atoms in total. The molecule has 2 unspecified atom stereocenters. The van der Waals surface area contributed by atoms with Crippen molar-refractivity contribution in [3.63, 3.8) is 0 Å². The van der Waals surface area contributed by atoms with Crippen molar-refractivity contribution in [2.75, 3.05) is 6.54 Å². The highest BCUT2D eigenvalue weighted by Crippen LogP contribution is 2.25. The number of hydrogen-bond acceptors (Lipinski definition) is 4. The van der Waals surface area contributed by atoms with Crippen LogP contribution in [0.5, 0.6) is 0 Å². The van der Waals surface area contributed by atoms with Crippen LogP contribution < -0.4 is 10.6 Å². The highest BCUT2D eigenvalue weighted by molar-refractivity contribution is 5.92. The summed E-state index contributed by atoms with van der Waals surface area (Å²) in [6, 6.07) is 5.71. The Morgan fingerprint density at radius 1 is 1.12 bits per heavy atom. The number of nitrogens with one attached hydrogen (secondary N) is 2. The van der Waals surface area contributed by atoms with Crippen molar-refractivity contribution in [2.24, 2.45) is 5.92 Å². The van der Waals surface area contributed by atoms with E-state index in [1.54, 1.807) is 26.8 Å². The maximum Gasteiger partial charge on any atom is 0.408 e.